The maximum atomic E-state index is 9.58. The molecule has 0 spiro atoms. The van der Waals surface area contributed by atoms with Crippen LogP contribution in [-0.4, -0.2) is 10.7 Å². The van der Waals surface area contributed by atoms with Crippen molar-refractivity contribution < 1.29 is 5.11 Å². The van der Waals surface area contributed by atoms with Crippen LogP contribution in [0.15, 0.2) is 24.3 Å². The van der Waals surface area contributed by atoms with Crippen molar-refractivity contribution >= 4 is 11.6 Å². The molecule has 0 aliphatic heterocycles. The highest BCUT2D eigenvalue weighted by atomic mass is 35.5. The predicted octanol–water partition coefficient (Wildman–Crippen LogP) is 2.58. The molecule has 0 amide bonds. The van der Waals surface area contributed by atoms with E-state index in [9.17, 15) is 5.11 Å². The van der Waals surface area contributed by atoms with Gasteiger partial charge in [-0.15, -0.1) is 0 Å². The molecule has 0 unspecified atom stereocenters. The second kappa shape index (κ2) is 2.48. The standard InChI is InChI=1S/C10H11ClO/c1-10(12)6-9(10)7-2-4-8(11)5-3-7/h2-5,9,12H,6H2,1H3/t9-,10+/m1/s1. The summed E-state index contributed by atoms with van der Waals surface area (Å²) in [7, 11) is 0. The fourth-order valence-electron chi connectivity index (χ4n) is 1.53. The molecule has 0 aromatic heterocycles. The molecule has 12 heavy (non-hydrogen) atoms. The van der Waals surface area contributed by atoms with Crippen LogP contribution in [0.25, 0.3) is 0 Å². The van der Waals surface area contributed by atoms with E-state index in [2.05, 4.69) is 0 Å². The van der Waals surface area contributed by atoms with Gasteiger partial charge in [0.1, 0.15) is 0 Å². The van der Waals surface area contributed by atoms with Crippen LogP contribution < -0.4 is 0 Å². The summed E-state index contributed by atoms with van der Waals surface area (Å²) in [5.41, 5.74) is 0.706. The number of aliphatic hydroxyl groups is 1. The monoisotopic (exact) mass is 182 g/mol. The average Bonchev–Trinajstić information content (AvgIpc) is 2.61. The first kappa shape index (κ1) is 8.09. The lowest BCUT2D eigenvalue weighted by Gasteiger charge is -2.02. The fraction of sp³-hybridized carbons (Fsp3) is 0.400. The zero-order valence-electron chi connectivity index (χ0n) is 6.92. The summed E-state index contributed by atoms with van der Waals surface area (Å²) in [6.07, 6.45) is 0.870. The van der Waals surface area contributed by atoms with Gasteiger partial charge in [-0.3, -0.25) is 0 Å². The summed E-state index contributed by atoms with van der Waals surface area (Å²) < 4.78 is 0. The van der Waals surface area contributed by atoms with E-state index in [-0.39, 0.29) is 0 Å². The van der Waals surface area contributed by atoms with Crippen molar-refractivity contribution in [2.24, 2.45) is 0 Å². The highest BCUT2D eigenvalue weighted by molar-refractivity contribution is 6.30. The summed E-state index contributed by atoms with van der Waals surface area (Å²) in [5, 5.41) is 10.3. The van der Waals surface area contributed by atoms with Crippen molar-refractivity contribution in [2.45, 2.75) is 24.9 Å². The largest absolute Gasteiger partial charge is 0.390 e. The Morgan fingerprint density at radius 2 is 1.92 bits per heavy atom. The second-order valence-corrected chi connectivity index (χ2v) is 4.10. The van der Waals surface area contributed by atoms with E-state index >= 15 is 0 Å². The van der Waals surface area contributed by atoms with Gasteiger partial charge in [-0.2, -0.15) is 0 Å². The Bertz CT molecular complexity index is 289. The Morgan fingerprint density at radius 3 is 2.33 bits per heavy atom. The van der Waals surface area contributed by atoms with Crippen LogP contribution in [0.5, 0.6) is 0 Å². The lowest BCUT2D eigenvalue weighted by molar-refractivity contribution is 0.164. The normalized spacial score (nSPS) is 33.4. The molecule has 64 valence electrons. The van der Waals surface area contributed by atoms with Crippen molar-refractivity contribution in [1.29, 1.82) is 0 Å². The highest BCUT2D eigenvalue weighted by Gasteiger charge is 2.49. The van der Waals surface area contributed by atoms with Gasteiger partial charge in [0.2, 0.25) is 0 Å². The minimum absolute atomic E-state index is 0.315. The fourth-order valence-corrected chi connectivity index (χ4v) is 1.65. The maximum Gasteiger partial charge on any atom is 0.0696 e. The van der Waals surface area contributed by atoms with Gasteiger partial charge in [0.15, 0.2) is 0 Å². The Morgan fingerprint density at radius 1 is 1.42 bits per heavy atom. The molecule has 1 fully saturated rings. The zero-order chi connectivity index (χ0) is 8.77. The van der Waals surface area contributed by atoms with Gasteiger partial charge in [-0.25, -0.2) is 0 Å². The quantitative estimate of drug-likeness (QED) is 0.708. The van der Waals surface area contributed by atoms with E-state index in [1.807, 2.05) is 31.2 Å². The molecule has 1 aliphatic carbocycles. The molecule has 0 heterocycles. The molecule has 2 atom stereocenters. The number of rotatable bonds is 1. The molecule has 1 saturated carbocycles. The van der Waals surface area contributed by atoms with Crippen LogP contribution in [0.4, 0.5) is 0 Å². The molecule has 1 N–H and O–H groups in total. The smallest absolute Gasteiger partial charge is 0.0696 e. The van der Waals surface area contributed by atoms with Crippen LogP contribution in [-0.2, 0) is 0 Å². The maximum absolute atomic E-state index is 9.58. The van der Waals surface area contributed by atoms with Gasteiger partial charge in [0.25, 0.3) is 0 Å². The van der Waals surface area contributed by atoms with Gasteiger partial charge in [0, 0.05) is 10.9 Å². The molecule has 1 aliphatic rings. The molecular formula is C10H11ClO. The molecule has 1 aromatic rings. The first-order chi connectivity index (χ1) is 5.59. The van der Waals surface area contributed by atoms with Crippen molar-refractivity contribution in [1.82, 2.24) is 0 Å². The Balaban J connectivity index is 2.21. The second-order valence-electron chi connectivity index (χ2n) is 3.67. The number of benzene rings is 1. The van der Waals surface area contributed by atoms with Gasteiger partial charge >= 0.3 is 0 Å². The number of hydrogen-bond acceptors (Lipinski definition) is 1. The lowest BCUT2D eigenvalue weighted by Crippen LogP contribution is -2.01. The molecule has 1 nitrogen and oxygen atoms in total. The van der Waals surface area contributed by atoms with Gasteiger partial charge in [0.05, 0.1) is 5.60 Å². The van der Waals surface area contributed by atoms with E-state index in [1.54, 1.807) is 0 Å². The summed E-state index contributed by atoms with van der Waals surface area (Å²) in [4.78, 5) is 0. The van der Waals surface area contributed by atoms with Crippen LogP contribution in [0, 0.1) is 0 Å². The average molecular weight is 183 g/mol. The third-order valence-corrected chi connectivity index (χ3v) is 2.73. The zero-order valence-corrected chi connectivity index (χ0v) is 7.67. The van der Waals surface area contributed by atoms with Gasteiger partial charge < -0.3 is 5.11 Å². The molecule has 1 aromatic carbocycles. The third-order valence-electron chi connectivity index (χ3n) is 2.48. The SMILES string of the molecule is C[C@]1(O)C[C@@H]1c1ccc(Cl)cc1. The van der Waals surface area contributed by atoms with Gasteiger partial charge in [-0.1, -0.05) is 23.7 Å². The number of halogens is 1. The molecule has 0 radical (unpaired) electrons. The summed E-state index contributed by atoms with van der Waals surface area (Å²) >= 11 is 5.75. The first-order valence-corrected chi connectivity index (χ1v) is 4.45. The van der Waals surface area contributed by atoms with E-state index in [0.29, 0.717) is 5.92 Å². The van der Waals surface area contributed by atoms with Crippen LogP contribution in [0.2, 0.25) is 5.02 Å². The molecule has 0 saturated heterocycles. The van der Waals surface area contributed by atoms with E-state index in [0.717, 1.165) is 11.4 Å². The van der Waals surface area contributed by atoms with E-state index in [4.69, 9.17) is 11.6 Å². The van der Waals surface area contributed by atoms with Crippen molar-refractivity contribution in [3.05, 3.63) is 34.9 Å². The van der Waals surface area contributed by atoms with Crippen molar-refractivity contribution in [2.75, 3.05) is 0 Å². The van der Waals surface area contributed by atoms with E-state index < -0.39 is 5.60 Å². The van der Waals surface area contributed by atoms with E-state index in [1.165, 1.54) is 5.56 Å². The molecule has 0 bridgehead atoms. The Labute approximate surface area is 77.0 Å². The van der Waals surface area contributed by atoms with Crippen LogP contribution >= 0.6 is 11.6 Å². The summed E-state index contributed by atoms with van der Waals surface area (Å²) in [5.74, 6) is 0.315. The summed E-state index contributed by atoms with van der Waals surface area (Å²) in [6, 6.07) is 7.69. The predicted molar refractivity (Wildman–Crippen MR) is 49.4 cm³/mol. The highest BCUT2D eigenvalue weighted by Crippen LogP contribution is 2.50. The minimum atomic E-state index is -0.478. The Kier molecular flexibility index (Phi) is 1.67. The molecule has 2 heteroatoms. The molecular weight excluding hydrogens is 172 g/mol. The topological polar surface area (TPSA) is 20.2 Å². The van der Waals surface area contributed by atoms with Crippen molar-refractivity contribution in [3.63, 3.8) is 0 Å². The Hall–Kier alpha value is -0.530. The number of hydrogen-bond donors (Lipinski definition) is 1. The lowest BCUT2D eigenvalue weighted by atomic mass is 10.1. The van der Waals surface area contributed by atoms with Crippen LogP contribution in [0.1, 0.15) is 24.8 Å². The van der Waals surface area contributed by atoms with Crippen LogP contribution in [0.3, 0.4) is 0 Å². The van der Waals surface area contributed by atoms with Gasteiger partial charge in [-0.05, 0) is 31.0 Å². The molecule has 2 rings (SSSR count). The third kappa shape index (κ3) is 1.35. The van der Waals surface area contributed by atoms with Crippen molar-refractivity contribution in [3.8, 4) is 0 Å². The summed E-state index contributed by atoms with van der Waals surface area (Å²) in [6.45, 7) is 1.87. The minimum Gasteiger partial charge on any atom is -0.390 e. The first-order valence-electron chi connectivity index (χ1n) is 4.07.